The Morgan fingerprint density at radius 3 is 3.19 bits per heavy atom. The fraction of sp³-hybridized carbons (Fsp3) is 0.455. The van der Waals surface area contributed by atoms with Crippen LogP contribution in [0.3, 0.4) is 0 Å². The van der Waals surface area contributed by atoms with E-state index >= 15 is 0 Å². The van der Waals surface area contributed by atoms with Crippen LogP contribution >= 0.6 is 15.9 Å². The highest BCUT2D eigenvalue weighted by molar-refractivity contribution is 9.10. The molecule has 1 aromatic heterocycles. The molecule has 0 aliphatic carbocycles. The fourth-order valence-corrected chi connectivity index (χ4v) is 2.25. The zero-order chi connectivity index (χ0) is 11.5. The molecule has 5 heteroatoms. The smallest absolute Gasteiger partial charge is 0.273 e. The van der Waals surface area contributed by atoms with Crippen LogP contribution in [-0.2, 0) is 0 Å². The SMILES string of the molecule is C[C@H]1CNCCN1C(=O)c1ncccc1Br. The van der Waals surface area contributed by atoms with E-state index in [2.05, 4.69) is 26.2 Å². The second-order valence-corrected chi connectivity index (χ2v) is 4.74. The van der Waals surface area contributed by atoms with Gasteiger partial charge in [-0.15, -0.1) is 0 Å². The number of hydrogen-bond donors (Lipinski definition) is 1. The summed E-state index contributed by atoms with van der Waals surface area (Å²) in [5.41, 5.74) is 0.497. The quantitative estimate of drug-likeness (QED) is 0.845. The lowest BCUT2D eigenvalue weighted by Gasteiger charge is -2.33. The lowest BCUT2D eigenvalue weighted by atomic mass is 10.2. The summed E-state index contributed by atoms with van der Waals surface area (Å²) in [6.45, 7) is 4.47. The van der Waals surface area contributed by atoms with E-state index in [1.807, 2.05) is 24.0 Å². The molecule has 1 N–H and O–H groups in total. The molecule has 2 rings (SSSR count). The van der Waals surface area contributed by atoms with Gasteiger partial charge in [-0.25, -0.2) is 4.98 Å². The maximum Gasteiger partial charge on any atom is 0.273 e. The van der Waals surface area contributed by atoms with Gasteiger partial charge >= 0.3 is 0 Å². The molecule has 2 heterocycles. The highest BCUT2D eigenvalue weighted by Gasteiger charge is 2.25. The molecule has 0 unspecified atom stereocenters. The Hall–Kier alpha value is -0.940. The number of piperazine rings is 1. The first-order valence-corrected chi connectivity index (χ1v) is 6.11. The summed E-state index contributed by atoms with van der Waals surface area (Å²) in [7, 11) is 0. The number of nitrogens with zero attached hydrogens (tertiary/aromatic N) is 2. The molecule has 86 valence electrons. The Balaban J connectivity index is 2.21. The van der Waals surface area contributed by atoms with Crippen LogP contribution in [0.25, 0.3) is 0 Å². The van der Waals surface area contributed by atoms with Crippen LogP contribution in [0.5, 0.6) is 0 Å². The molecule has 1 saturated heterocycles. The summed E-state index contributed by atoms with van der Waals surface area (Å²) in [5.74, 6) is 0.00137. The average molecular weight is 284 g/mol. The molecular formula is C11H14BrN3O. The maximum absolute atomic E-state index is 12.2. The molecule has 0 bridgehead atoms. The van der Waals surface area contributed by atoms with Gasteiger partial charge in [0.25, 0.3) is 5.91 Å². The van der Waals surface area contributed by atoms with Crippen LogP contribution in [0.2, 0.25) is 0 Å². The minimum absolute atomic E-state index is 0.00137. The number of hydrogen-bond acceptors (Lipinski definition) is 3. The van der Waals surface area contributed by atoms with Crippen molar-refractivity contribution < 1.29 is 4.79 Å². The van der Waals surface area contributed by atoms with Gasteiger partial charge in [-0.3, -0.25) is 4.79 Å². The molecule has 1 aliphatic rings. The third-order valence-corrected chi connectivity index (χ3v) is 3.36. The van der Waals surface area contributed by atoms with E-state index in [1.54, 1.807) is 6.20 Å². The Bertz CT molecular complexity index is 397. The predicted molar refractivity (Wildman–Crippen MR) is 65.3 cm³/mol. The number of pyridine rings is 1. The van der Waals surface area contributed by atoms with Crippen molar-refractivity contribution in [2.24, 2.45) is 0 Å². The third kappa shape index (κ3) is 2.25. The van der Waals surface area contributed by atoms with E-state index in [0.717, 1.165) is 24.1 Å². The fourth-order valence-electron chi connectivity index (χ4n) is 1.82. The number of halogens is 1. The molecule has 0 radical (unpaired) electrons. The molecule has 1 atom stereocenters. The van der Waals surface area contributed by atoms with Crippen LogP contribution in [0.15, 0.2) is 22.8 Å². The van der Waals surface area contributed by atoms with Crippen LogP contribution in [-0.4, -0.2) is 41.5 Å². The molecule has 1 aromatic rings. The van der Waals surface area contributed by atoms with Crippen LogP contribution in [0.1, 0.15) is 17.4 Å². The Labute approximate surface area is 103 Å². The highest BCUT2D eigenvalue weighted by Crippen LogP contribution is 2.17. The summed E-state index contributed by atoms with van der Waals surface area (Å²) in [5, 5.41) is 3.26. The van der Waals surface area contributed by atoms with Crippen molar-refractivity contribution in [2.75, 3.05) is 19.6 Å². The van der Waals surface area contributed by atoms with E-state index in [9.17, 15) is 4.79 Å². The molecule has 0 spiro atoms. The number of nitrogens with one attached hydrogen (secondary N) is 1. The van der Waals surface area contributed by atoms with Crippen LogP contribution in [0, 0.1) is 0 Å². The van der Waals surface area contributed by atoms with Gasteiger partial charge in [0.2, 0.25) is 0 Å². The normalized spacial score (nSPS) is 20.9. The second kappa shape index (κ2) is 4.93. The lowest BCUT2D eigenvalue weighted by molar-refractivity contribution is 0.0648. The average Bonchev–Trinajstić information content (AvgIpc) is 2.29. The van der Waals surface area contributed by atoms with Crippen molar-refractivity contribution in [1.82, 2.24) is 15.2 Å². The summed E-state index contributed by atoms with van der Waals surface area (Å²) < 4.78 is 0.755. The Morgan fingerprint density at radius 2 is 2.50 bits per heavy atom. The molecule has 16 heavy (non-hydrogen) atoms. The molecule has 1 amide bonds. The monoisotopic (exact) mass is 283 g/mol. The molecule has 0 saturated carbocycles. The lowest BCUT2D eigenvalue weighted by Crippen LogP contribution is -2.52. The largest absolute Gasteiger partial charge is 0.332 e. The first kappa shape index (κ1) is 11.5. The van der Waals surface area contributed by atoms with Crippen molar-refractivity contribution in [3.05, 3.63) is 28.5 Å². The number of carbonyl (C=O) groups excluding carboxylic acids is 1. The minimum atomic E-state index is 0.00137. The van der Waals surface area contributed by atoms with Crippen molar-refractivity contribution in [2.45, 2.75) is 13.0 Å². The molecule has 1 fully saturated rings. The van der Waals surface area contributed by atoms with E-state index in [4.69, 9.17) is 0 Å². The van der Waals surface area contributed by atoms with Crippen LogP contribution in [0.4, 0.5) is 0 Å². The minimum Gasteiger partial charge on any atom is -0.332 e. The standard InChI is InChI=1S/C11H14BrN3O/c1-8-7-13-5-6-15(8)11(16)10-9(12)3-2-4-14-10/h2-4,8,13H,5-7H2,1H3/t8-/m0/s1. The summed E-state index contributed by atoms with van der Waals surface area (Å²) in [6.07, 6.45) is 1.64. The van der Waals surface area contributed by atoms with Crippen molar-refractivity contribution in [3.63, 3.8) is 0 Å². The Kier molecular flexibility index (Phi) is 3.56. The van der Waals surface area contributed by atoms with Gasteiger partial charge in [-0.05, 0) is 35.0 Å². The van der Waals surface area contributed by atoms with Gasteiger partial charge in [0, 0.05) is 36.3 Å². The van der Waals surface area contributed by atoms with E-state index in [0.29, 0.717) is 5.69 Å². The number of rotatable bonds is 1. The number of carbonyl (C=O) groups is 1. The second-order valence-electron chi connectivity index (χ2n) is 3.89. The highest BCUT2D eigenvalue weighted by atomic mass is 79.9. The van der Waals surface area contributed by atoms with Gasteiger partial charge in [0.15, 0.2) is 0 Å². The summed E-state index contributed by atoms with van der Waals surface area (Å²) in [4.78, 5) is 18.2. The number of aromatic nitrogens is 1. The molecule has 4 nitrogen and oxygen atoms in total. The first-order valence-electron chi connectivity index (χ1n) is 5.32. The van der Waals surface area contributed by atoms with Crippen molar-refractivity contribution in [3.8, 4) is 0 Å². The van der Waals surface area contributed by atoms with Crippen molar-refractivity contribution >= 4 is 21.8 Å². The summed E-state index contributed by atoms with van der Waals surface area (Å²) in [6, 6.07) is 3.87. The maximum atomic E-state index is 12.2. The Morgan fingerprint density at radius 1 is 1.69 bits per heavy atom. The van der Waals surface area contributed by atoms with Crippen molar-refractivity contribution in [1.29, 1.82) is 0 Å². The molecule has 1 aliphatic heterocycles. The number of amides is 1. The molecule has 0 aromatic carbocycles. The predicted octanol–water partition coefficient (Wildman–Crippen LogP) is 1.28. The van der Waals surface area contributed by atoms with Gasteiger partial charge in [-0.1, -0.05) is 0 Å². The van der Waals surface area contributed by atoms with E-state index in [1.165, 1.54) is 0 Å². The van der Waals surface area contributed by atoms with Gasteiger partial charge in [0.1, 0.15) is 5.69 Å². The third-order valence-electron chi connectivity index (χ3n) is 2.72. The summed E-state index contributed by atoms with van der Waals surface area (Å²) >= 11 is 3.36. The molecular weight excluding hydrogens is 270 g/mol. The van der Waals surface area contributed by atoms with E-state index < -0.39 is 0 Å². The van der Waals surface area contributed by atoms with Crippen LogP contribution < -0.4 is 5.32 Å². The first-order chi connectivity index (χ1) is 7.70. The zero-order valence-corrected chi connectivity index (χ0v) is 10.7. The zero-order valence-electron chi connectivity index (χ0n) is 9.11. The van der Waals surface area contributed by atoms with Gasteiger partial charge < -0.3 is 10.2 Å². The van der Waals surface area contributed by atoms with Gasteiger partial charge in [0.05, 0.1) is 0 Å². The topological polar surface area (TPSA) is 45.2 Å². The van der Waals surface area contributed by atoms with E-state index in [-0.39, 0.29) is 11.9 Å². The van der Waals surface area contributed by atoms with Gasteiger partial charge in [-0.2, -0.15) is 0 Å².